The number of benzene rings is 6. The summed E-state index contributed by atoms with van der Waals surface area (Å²) in [6.07, 6.45) is 3.73. The van der Waals surface area contributed by atoms with Gasteiger partial charge in [-0.2, -0.15) is 0 Å². The molecule has 8 rings (SSSR count). The average molecular weight is 536 g/mol. The van der Waals surface area contributed by atoms with Gasteiger partial charge in [0, 0.05) is 29.1 Å². The van der Waals surface area contributed by atoms with Crippen LogP contribution in [0.5, 0.6) is 0 Å². The summed E-state index contributed by atoms with van der Waals surface area (Å²) in [6.45, 7) is 0. The minimum absolute atomic E-state index is 0.883. The topological polar surface area (TPSA) is 38.7 Å². The number of hydrogen-bond donors (Lipinski definition) is 0. The second kappa shape index (κ2) is 10.1. The smallest absolute Gasteiger partial charge is 0.0985 e. The van der Waals surface area contributed by atoms with Crippen molar-refractivity contribution in [2.75, 3.05) is 0 Å². The van der Waals surface area contributed by atoms with Gasteiger partial charge in [0.25, 0.3) is 0 Å². The van der Waals surface area contributed by atoms with Crippen molar-refractivity contribution >= 4 is 32.6 Å². The molecule has 0 N–H and O–H groups in total. The molecule has 0 amide bonds. The molecule has 8 aromatic rings. The maximum Gasteiger partial charge on any atom is 0.0985 e. The first-order valence-electron chi connectivity index (χ1n) is 14.1. The molecule has 0 fully saturated rings. The summed E-state index contributed by atoms with van der Waals surface area (Å²) in [5.74, 6) is 0. The molecule has 3 nitrogen and oxygen atoms in total. The van der Waals surface area contributed by atoms with Crippen LogP contribution in [-0.2, 0) is 0 Å². The van der Waals surface area contributed by atoms with Gasteiger partial charge in [-0.05, 0) is 62.5 Å². The van der Waals surface area contributed by atoms with Crippen molar-refractivity contribution in [3.8, 4) is 44.8 Å². The van der Waals surface area contributed by atoms with E-state index in [0.717, 1.165) is 55.4 Å². The molecule has 0 saturated carbocycles. The summed E-state index contributed by atoms with van der Waals surface area (Å²) < 4.78 is 0. The highest BCUT2D eigenvalue weighted by Gasteiger charge is 2.21. The van der Waals surface area contributed by atoms with Gasteiger partial charge in [0.2, 0.25) is 0 Å². The van der Waals surface area contributed by atoms with Gasteiger partial charge in [0.1, 0.15) is 0 Å². The summed E-state index contributed by atoms with van der Waals surface area (Å²) >= 11 is 0. The predicted molar refractivity (Wildman–Crippen MR) is 174 cm³/mol. The molecule has 0 radical (unpaired) electrons. The minimum Gasteiger partial charge on any atom is -0.264 e. The molecule has 0 unspecified atom stereocenters. The number of aromatic nitrogens is 3. The van der Waals surface area contributed by atoms with Gasteiger partial charge < -0.3 is 0 Å². The zero-order valence-corrected chi connectivity index (χ0v) is 22.8. The molecule has 0 saturated heterocycles. The highest BCUT2D eigenvalue weighted by atomic mass is 14.8. The van der Waals surface area contributed by atoms with Crippen LogP contribution in [0, 0.1) is 0 Å². The molecular formula is C39H25N3. The fourth-order valence-electron chi connectivity index (χ4n) is 6.05. The van der Waals surface area contributed by atoms with Crippen LogP contribution in [0.1, 0.15) is 0 Å². The Hall–Kier alpha value is -5.67. The molecule has 2 aromatic heterocycles. The van der Waals surface area contributed by atoms with Crippen LogP contribution in [0.25, 0.3) is 77.3 Å². The van der Waals surface area contributed by atoms with E-state index in [2.05, 4.69) is 108 Å². The predicted octanol–water partition coefficient (Wildman–Crippen LogP) is 10.00. The first-order valence-corrected chi connectivity index (χ1v) is 14.1. The molecule has 42 heavy (non-hydrogen) atoms. The first-order chi connectivity index (χ1) is 20.8. The van der Waals surface area contributed by atoms with Gasteiger partial charge in [-0.1, -0.05) is 115 Å². The highest BCUT2D eigenvalue weighted by molar-refractivity contribution is 6.22. The molecule has 0 aliphatic heterocycles. The Bertz CT molecular complexity index is 2180. The highest BCUT2D eigenvalue weighted by Crippen LogP contribution is 2.45. The molecule has 3 heteroatoms. The van der Waals surface area contributed by atoms with Gasteiger partial charge in [0.15, 0.2) is 0 Å². The number of fused-ring (bicyclic) bond motifs is 3. The van der Waals surface area contributed by atoms with E-state index in [0.29, 0.717) is 0 Å². The molecule has 196 valence electrons. The summed E-state index contributed by atoms with van der Waals surface area (Å²) in [6, 6.07) is 48.8. The van der Waals surface area contributed by atoms with Crippen LogP contribution in [0.4, 0.5) is 0 Å². The Morgan fingerprint density at radius 2 is 0.881 bits per heavy atom. The van der Waals surface area contributed by atoms with E-state index >= 15 is 0 Å². The lowest BCUT2D eigenvalue weighted by Gasteiger charge is -2.19. The van der Waals surface area contributed by atoms with E-state index in [1.54, 1.807) is 0 Å². The van der Waals surface area contributed by atoms with E-state index in [1.807, 2.05) is 48.8 Å². The largest absolute Gasteiger partial charge is 0.264 e. The number of nitrogens with zero attached hydrogens (tertiary/aromatic N) is 3. The second-order valence-corrected chi connectivity index (χ2v) is 10.4. The Kier molecular flexibility index (Phi) is 5.79. The van der Waals surface area contributed by atoms with Gasteiger partial charge >= 0.3 is 0 Å². The van der Waals surface area contributed by atoms with Crippen LogP contribution in [-0.4, -0.2) is 15.0 Å². The van der Waals surface area contributed by atoms with E-state index in [9.17, 15) is 0 Å². The van der Waals surface area contributed by atoms with Crippen LogP contribution in [0.3, 0.4) is 0 Å². The molecule has 0 aliphatic rings. The molecule has 2 heterocycles. The van der Waals surface area contributed by atoms with Gasteiger partial charge in [-0.3, -0.25) is 4.98 Å². The Morgan fingerprint density at radius 1 is 0.357 bits per heavy atom. The van der Waals surface area contributed by atoms with Crippen molar-refractivity contribution in [1.82, 2.24) is 15.0 Å². The lowest BCUT2D eigenvalue weighted by atomic mass is 9.86. The summed E-state index contributed by atoms with van der Waals surface area (Å²) in [5.41, 5.74) is 10.3. The fourth-order valence-corrected chi connectivity index (χ4v) is 6.05. The third-order valence-electron chi connectivity index (χ3n) is 7.93. The van der Waals surface area contributed by atoms with Crippen molar-refractivity contribution in [1.29, 1.82) is 0 Å². The fraction of sp³-hybridized carbons (Fsp3) is 0. The van der Waals surface area contributed by atoms with E-state index in [-0.39, 0.29) is 0 Å². The average Bonchev–Trinajstić information content (AvgIpc) is 3.07. The van der Waals surface area contributed by atoms with E-state index in [1.165, 1.54) is 21.9 Å². The minimum atomic E-state index is 0.883. The van der Waals surface area contributed by atoms with Crippen molar-refractivity contribution < 1.29 is 0 Å². The maximum absolute atomic E-state index is 5.31. The Labute approximate surface area is 243 Å². The third-order valence-corrected chi connectivity index (χ3v) is 7.93. The Balaban J connectivity index is 1.48. The molecule has 6 aromatic carbocycles. The lowest BCUT2D eigenvalue weighted by Crippen LogP contribution is -1.98. The quantitative estimate of drug-likeness (QED) is 0.211. The SMILES string of the molecule is c1ccc(-c2nc3ccccc3nc2-c2c3ccccc3c(-c3cccc(-c4cccnc4)c3)c3ccccc23)cc1. The molecule has 0 aliphatic carbocycles. The van der Waals surface area contributed by atoms with Crippen LogP contribution < -0.4 is 0 Å². The molecular weight excluding hydrogens is 510 g/mol. The van der Waals surface area contributed by atoms with Crippen LogP contribution in [0.2, 0.25) is 0 Å². The van der Waals surface area contributed by atoms with Crippen LogP contribution >= 0.6 is 0 Å². The standard InChI is InChI=1S/C39H25N3/c1-2-12-26(13-3-1)38-39(42-35-22-9-8-21-34(35)41-38)37-32-19-6-4-17-30(32)36(31-18-5-7-20-33(31)37)28-15-10-14-27(24-28)29-16-11-23-40-25-29/h1-25H. The number of rotatable bonds is 4. The monoisotopic (exact) mass is 535 g/mol. The number of pyridine rings is 1. The van der Waals surface area contributed by atoms with Gasteiger partial charge in [-0.25, -0.2) is 9.97 Å². The molecule has 0 bridgehead atoms. The van der Waals surface area contributed by atoms with Crippen molar-refractivity contribution in [2.45, 2.75) is 0 Å². The van der Waals surface area contributed by atoms with Crippen molar-refractivity contribution in [3.05, 3.63) is 152 Å². The zero-order chi connectivity index (χ0) is 27.9. The van der Waals surface area contributed by atoms with Crippen LogP contribution in [0.15, 0.2) is 152 Å². The lowest BCUT2D eigenvalue weighted by molar-refractivity contribution is 1.30. The molecule has 0 spiro atoms. The summed E-state index contributed by atoms with van der Waals surface area (Å²) in [5, 5.41) is 4.67. The second-order valence-electron chi connectivity index (χ2n) is 10.4. The Morgan fingerprint density at radius 3 is 1.52 bits per heavy atom. The van der Waals surface area contributed by atoms with Crippen molar-refractivity contribution in [2.24, 2.45) is 0 Å². The van der Waals surface area contributed by atoms with Crippen molar-refractivity contribution in [3.63, 3.8) is 0 Å². The summed E-state index contributed by atoms with van der Waals surface area (Å²) in [4.78, 5) is 14.9. The van der Waals surface area contributed by atoms with E-state index < -0.39 is 0 Å². The van der Waals surface area contributed by atoms with E-state index in [4.69, 9.17) is 9.97 Å². The number of para-hydroxylation sites is 2. The number of hydrogen-bond acceptors (Lipinski definition) is 3. The third kappa shape index (κ3) is 4.03. The normalized spacial score (nSPS) is 11.3. The maximum atomic E-state index is 5.31. The van der Waals surface area contributed by atoms with Gasteiger partial charge in [-0.15, -0.1) is 0 Å². The molecule has 0 atom stereocenters. The summed E-state index contributed by atoms with van der Waals surface area (Å²) in [7, 11) is 0. The zero-order valence-electron chi connectivity index (χ0n) is 22.8. The van der Waals surface area contributed by atoms with Gasteiger partial charge in [0.05, 0.1) is 22.4 Å². The first kappa shape index (κ1) is 24.2.